The molecule has 2 atom stereocenters. The highest BCUT2D eigenvalue weighted by molar-refractivity contribution is 5.16. The topological polar surface area (TPSA) is 99.7 Å². The van der Waals surface area contributed by atoms with Gasteiger partial charge in [0, 0.05) is 12.8 Å². The summed E-state index contributed by atoms with van der Waals surface area (Å²) in [4.78, 5) is 14.5. The van der Waals surface area contributed by atoms with Crippen molar-refractivity contribution in [1.82, 2.24) is 0 Å². The average Bonchev–Trinajstić information content (AvgIpc) is 2.70. The second kappa shape index (κ2) is 5.75. The van der Waals surface area contributed by atoms with Crippen molar-refractivity contribution in [3.63, 3.8) is 0 Å². The zero-order valence-electron chi connectivity index (χ0n) is 10.1. The Kier molecular flexibility index (Phi) is 4.80. The predicted molar refractivity (Wildman–Crippen MR) is 62.5 cm³/mol. The lowest BCUT2D eigenvalue weighted by molar-refractivity contribution is -0.472. The van der Waals surface area contributed by atoms with Crippen LogP contribution in [0, 0.1) is 0 Å². The van der Waals surface area contributed by atoms with Gasteiger partial charge in [-0.25, -0.2) is 15.0 Å². The maximum atomic E-state index is 9.18. The van der Waals surface area contributed by atoms with Gasteiger partial charge in [0.1, 0.15) is 5.60 Å². The molecule has 18 heavy (non-hydrogen) atoms. The molecule has 1 aromatic carbocycles. The van der Waals surface area contributed by atoms with Gasteiger partial charge < -0.3 is 10.6 Å². The standard InChI is InChI=1S/C12H16O5.H2O/c1-11(9-13)8-12(15-14,17-16-11)7-10-5-3-2-4-6-10;/h2-6,13-14H,7-9H2,1H3;1H2/t11-,12+;/m0./s1. The van der Waals surface area contributed by atoms with Gasteiger partial charge in [-0.1, -0.05) is 30.3 Å². The third kappa shape index (κ3) is 3.05. The molecule has 1 aromatic rings. The van der Waals surface area contributed by atoms with Gasteiger partial charge in [0.25, 0.3) is 0 Å². The highest BCUT2D eigenvalue weighted by atomic mass is 17.3. The van der Waals surface area contributed by atoms with E-state index < -0.39 is 11.4 Å². The third-order valence-electron chi connectivity index (χ3n) is 2.86. The van der Waals surface area contributed by atoms with E-state index in [9.17, 15) is 5.11 Å². The summed E-state index contributed by atoms with van der Waals surface area (Å²) in [5, 5.41) is 18.2. The van der Waals surface area contributed by atoms with Gasteiger partial charge in [0.2, 0.25) is 5.79 Å². The van der Waals surface area contributed by atoms with Crippen LogP contribution in [0.25, 0.3) is 0 Å². The maximum Gasteiger partial charge on any atom is 0.240 e. The first kappa shape index (κ1) is 15.0. The van der Waals surface area contributed by atoms with Crippen molar-refractivity contribution in [2.75, 3.05) is 6.61 Å². The molecular weight excluding hydrogens is 240 g/mol. The summed E-state index contributed by atoms with van der Waals surface area (Å²) in [7, 11) is 0. The van der Waals surface area contributed by atoms with Crippen LogP contribution in [0.4, 0.5) is 0 Å². The van der Waals surface area contributed by atoms with E-state index >= 15 is 0 Å². The minimum absolute atomic E-state index is 0. The molecular formula is C12H18O6. The molecule has 0 aromatic heterocycles. The molecule has 4 N–H and O–H groups in total. The van der Waals surface area contributed by atoms with E-state index in [0.717, 1.165) is 5.56 Å². The van der Waals surface area contributed by atoms with Gasteiger partial charge in [-0.3, -0.25) is 0 Å². The molecule has 0 spiro atoms. The molecule has 1 fully saturated rings. The number of aliphatic hydroxyl groups is 1. The lowest BCUT2D eigenvalue weighted by Crippen LogP contribution is -2.37. The van der Waals surface area contributed by atoms with Crippen LogP contribution in [0.2, 0.25) is 0 Å². The molecule has 0 aliphatic carbocycles. The molecule has 0 radical (unpaired) electrons. The predicted octanol–water partition coefficient (Wildman–Crippen LogP) is 0.693. The van der Waals surface area contributed by atoms with Crippen LogP contribution >= 0.6 is 0 Å². The van der Waals surface area contributed by atoms with Crippen molar-refractivity contribution in [2.24, 2.45) is 0 Å². The van der Waals surface area contributed by atoms with E-state index in [0.29, 0.717) is 6.42 Å². The molecule has 6 heteroatoms. The van der Waals surface area contributed by atoms with Gasteiger partial charge in [-0.05, 0) is 12.5 Å². The summed E-state index contributed by atoms with van der Waals surface area (Å²) in [6.07, 6.45) is 0.599. The summed E-state index contributed by atoms with van der Waals surface area (Å²) in [5.41, 5.74) is 0.102. The minimum atomic E-state index is -1.25. The zero-order valence-corrected chi connectivity index (χ0v) is 10.1. The summed E-state index contributed by atoms with van der Waals surface area (Å²) < 4.78 is 0. The van der Waals surface area contributed by atoms with Crippen LogP contribution in [-0.2, 0) is 21.1 Å². The maximum absolute atomic E-state index is 9.18. The zero-order chi connectivity index (χ0) is 12.4. The normalized spacial score (nSPS) is 31.1. The van der Waals surface area contributed by atoms with E-state index in [1.807, 2.05) is 30.3 Å². The Labute approximate surface area is 105 Å². The summed E-state index contributed by atoms with van der Waals surface area (Å²) >= 11 is 0. The fraction of sp³-hybridized carbons (Fsp3) is 0.500. The third-order valence-corrected chi connectivity index (χ3v) is 2.86. The molecule has 0 saturated carbocycles. The van der Waals surface area contributed by atoms with Crippen molar-refractivity contribution >= 4 is 0 Å². The smallest absolute Gasteiger partial charge is 0.240 e. The number of hydrogen-bond acceptors (Lipinski definition) is 5. The fourth-order valence-corrected chi connectivity index (χ4v) is 1.97. The number of hydrogen-bond donors (Lipinski definition) is 2. The van der Waals surface area contributed by atoms with Crippen molar-refractivity contribution in [3.05, 3.63) is 35.9 Å². The van der Waals surface area contributed by atoms with Gasteiger partial charge in [-0.2, -0.15) is 4.89 Å². The van der Waals surface area contributed by atoms with Crippen LogP contribution in [0.1, 0.15) is 18.9 Å². The van der Waals surface area contributed by atoms with Crippen LogP contribution in [0.15, 0.2) is 30.3 Å². The Morgan fingerprint density at radius 1 is 1.28 bits per heavy atom. The minimum Gasteiger partial charge on any atom is -0.412 e. The Morgan fingerprint density at radius 3 is 2.44 bits per heavy atom. The van der Waals surface area contributed by atoms with E-state index in [2.05, 4.69) is 4.89 Å². The van der Waals surface area contributed by atoms with Gasteiger partial charge in [0.15, 0.2) is 0 Å². The van der Waals surface area contributed by atoms with Crippen molar-refractivity contribution in [1.29, 1.82) is 0 Å². The lowest BCUT2D eigenvalue weighted by Gasteiger charge is -2.22. The largest absolute Gasteiger partial charge is 0.412 e. The van der Waals surface area contributed by atoms with E-state index in [-0.39, 0.29) is 18.5 Å². The second-order valence-corrected chi connectivity index (χ2v) is 4.62. The Balaban J connectivity index is 0.00000162. The summed E-state index contributed by atoms with van der Waals surface area (Å²) in [6.45, 7) is 1.49. The van der Waals surface area contributed by atoms with Gasteiger partial charge in [0.05, 0.1) is 6.61 Å². The summed E-state index contributed by atoms with van der Waals surface area (Å²) in [6, 6.07) is 9.49. The van der Waals surface area contributed by atoms with Crippen LogP contribution < -0.4 is 0 Å². The quantitative estimate of drug-likeness (QED) is 0.611. The fourth-order valence-electron chi connectivity index (χ4n) is 1.97. The lowest BCUT2D eigenvalue weighted by atomic mass is 9.93. The highest BCUT2D eigenvalue weighted by Crippen LogP contribution is 2.38. The first-order valence-electron chi connectivity index (χ1n) is 5.46. The van der Waals surface area contributed by atoms with Crippen LogP contribution in [0.3, 0.4) is 0 Å². The van der Waals surface area contributed by atoms with Gasteiger partial charge >= 0.3 is 0 Å². The molecule has 1 saturated heterocycles. The molecule has 1 aliphatic heterocycles. The second-order valence-electron chi connectivity index (χ2n) is 4.62. The number of benzene rings is 1. The number of rotatable bonds is 4. The monoisotopic (exact) mass is 258 g/mol. The molecule has 1 heterocycles. The van der Waals surface area contributed by atoms with Crippen LogP contribution in [-0.4, -0.2) is 33.8 Å². The Morgan fingerprint density at radius 2 is 1.94 bits per heavy atom. The van der Waals surface area contributed by atoms with Crippen molar-refractivity contribution < 1.29 is 30.5 Å². The van der Waals surface area contributed by atoms with E-state index in [1.54, 1.807) is 6.92 Å². The van der Waals surface area contributed by atoms with Crippen molar-refractivity contribution in [2.45, 2.75) is 31.2 Å². The first-order valence-corrected chi connectivity index (χ1v) is 5.46. The van der Waals surface area contributed by atoms with Crippen LogP contribution in [0.5, 0.6) is 0 Å². The highest BCUT2D eigenvalue weighted by Gasteiger charge is 2.51. The first-order chi connectivity index (χ1) is 8.11. The van der Waals surface area contributed by atoms with E-state index in [1.165, 1.54) is 0 Å². The average molecular weight is 258 g/mol. The van der Waals surface area contributed by atoms with Crippen molar-refractivity contribution in [3.8, 4) is 0 Å². The molecule has 0 amide bonds. The summed E-state index contributed by atoms with van der Waals surface area (Å²) in [5.74, 6) is -1.25. The molecule has 2 rings (SSSR count). The number of aliphatic hydroxyl groups excluding tert-OH is 1. The van der Waals surface area contributed by atoms with Gasteiger partial charge in [-0.15, -0.1) is 0 Å². The van der Waals surface area contributed by atoms with E-state index in [4.69, 9.17) is 15.0 Å². The molecule has 0 bridgehead atoms. The Bertz CT molecular complexity index is 370. The molecule has 6 nitrogen and oxygen atoms in total. The molecule has 102 valence electrons. The molecule has 1 aliphatic rings. The molecule has 0 unspecified atom stereocenters. The SMILES string of the molecule is C[C@@]1(CO)C[C@](Cc2ccccc2)(OO)OO1.O. The Hall–Kier alpha value is -1.02.